The van der Waals surface area contributed by atoms with Crippen LogP contribution in [0.15, 0.2) is 60.7 Å². The highest BCUT2D eigenvalue weighted by atomic mass is 16.3. The van der Waals surface area contributed by atoms with Gasteiger partial charge in [0, 0.05) is 25.3 Å². The minimum atomic E-state index is -1.18. The van der Waals surface area contributed by atoms with E-state index in [0.717, 1.165) is 12.0 Å². The summed E-state index contributed by atoms with van der Waals surface area (Å²) in [6.45, 7) is 4.61. The van der Waals surface area contributed by atoms with Gasteiger partial charge in [-0.25, -0.2) is 0 Å². The van der Waals surface area contributed by atoms with E-state index < -0.39 is 12.1 Å². The maximum atomic E-state index is 12.6. The molecule has 2 aromatic rings. The normalized spacial score (nSPS) is 14.5. The molecule has 2 rings (SSSR count). The number of nitrogens with two attached hydrogens (primary N) is 2. The summed E-state index contributed by atoms with van der Waals surface area (Å²) < 4.78 is 0. The summed E-state index contributed by atoms with van der Waals surface area (Å²) >= 11 is 0. The second-order valence-electron chi connectivity index (χ2n) is 9.96. The van der Waals surface area contributed by atoms with Gasteiger partial charge in [-0.2, -0.15) is 0 Å². The molecule has 0 aliphatic carbocycles. The number of hydrogen-bond acceptors (Lipinski definition) is 5. The monoisotopic (exact) mass is 452 g/mol. The van der Waals surface area contributed by atoms with E-state index in [2.05, 4.69) is 26.0 Å². The number of rotatable bonds is 15. The number of benzene rings is 2. The number of ketones is 2. The van der Waals surface area contributed by atoms with E-state index in [4.69, 9.17) is 11.5 Å². The number of carbonyl (C=O) groups is 2. The molecule has 0 heterocycles. The molecule has 33 heavy (non-hydrogen) atoms. The first-order valence-electron chi connectivity index (χ1n) is 12.0. The maximum absolute atomic E-state index is 12.6. The molecule has 0 unspecified atom stereocenters. The Labute approximate surface area is 198 Å². The van der Waals surface area contributed by atoms with Crippen LogP contribution in [0.2, 0.25) is 0 Å². The molecule has 0 aliphatic heterocycles. The van der Waals surface area contributed by atoms with Crippen molar-refractivity contribution in [1.29, 1.82) is 0 Å². The third kappa shape index (κ3) is 9.99. The van der Waals surface area contributed by atoms with Gasteiger partial charge >= 0.3 is 0 Å². The van der Waals surface area contributed by atoms with Gasteiger partial charge in [-0.3, -0.25) is 9.59 Å². The molecule has 0 saturated heterocycles. The Morgan fingerprint density at radius 2 is 1.39 bits per heavy atom. The van der Waals surface area contributed by atoms with Crippen LogP contribution in [0, 0.1) is 11.3 Å². The summed E-state index contributed by atoms with van der Waals surface area (Å²) in [5.41, 5.74) is 14.0. The van der Waals surface area contributed by atoms with Gasteiger partial charge in [-0.15, -0.1) is 0 Å². The van der Waals surface area contributed by atoms with Crippen LogP contribution in [0.3, 0.4) is 0 Å². The van der Waals surface area contributed by atoms with Crippen molar-refractivity contribution in [2.45, 2.75) is 70.9 Å². The lowest BCUT2D eigenvalue weighted by molar-refractivity contribution is -0.128. The summed E-state index contributed by atoms with van der Waals surface area (Å²) in [4.78, 5) is 25.1. The molecule has 0 aliphatic rings. The van der Waals surface area contributed by atoms with Crippen LogP contribution < -0.4 is 11.5 Å². The van der Waals surface area contributed by atoms with Crippen LogP contribution in [-0.4, -0.2) is 35.4 Å². The second-order valence-corrected chi connectivity index (χ2v) is 9.96. The first-order chi connectivity index (χ1) is 15.7. The van der Waals surface area contributed by atoms with Crippen LogP contribution in [0.5, 0.6) is 0 Å². The zero-order valence-corrected chi connectivity index (χ0v) is 20.1. The molecule has 3 atom stereocenters. The van der Waals surface area contributed by atoms with Gasteiger partial charge in [0.25, 0.3) is 0 Å². The van der Waals surface area contributed by atoms with E-state index in [-0.39, 0.29) is 29.3 Å². The van der Waals surface area contributed by atoms with Crippen LogP contribution in [0.4, 0.5) is 0 Å². The fraction of sp³-hybridized carbons (Fsp3) is 0.500. The predicted molar refractivity (Wildman–Crippen MR) is 134 cm³/mol. The highest BCUT2D eigenvalue weighted by Crippen LogP contribution is 2.29. The van der Waals surface area contributed by atoms with Crippen molar-refractivity contribution in [2.75, 3.05) is 6.54 Å². The molecule has 2 aromatic carbocycles. The van der Waals surface area contributed by atoms with Gasteiger partial charge < -0.3 is 16.6 Å². The predicted octanol–water partition coefficient (Wildman–Crippen LogP) is 3.85. The molecule has 0 saturated carbocycles. The average molecular weight is 453 g/mol. The van der Waals surface area contributed by atoms with E-state index in [1.54, 1.807) is 0 Å². The first-order valence-corrected chi connectivity index (χ1v) is 12.0. The quantitative estimate of drug-likeness (QED) is 0.381. The second kappa shape index (κ2) is 13.4. The number of aliphatic hydroxyl groups excluding tert-OH is 1. The Kier molecular flexibility index (Phi) is 10.9. The highest BCUT2D eigenvalue weighted by Gasteiger charge is 2.27. The number of aliphatic hydroxyl groups is 1. The topological polar surface area (TPSA) is 106 Å². The standard InChI is InChI=1S/C28H40N2O3/c1-28(2,15-13-24(31)18-23(20-29)17-21-9-5-3-6-10-21)16-14-26(32)27(33)25(30)19-22-11-7-4-8-12-22/h3-12,23,25,27,33H,13-20,29-30H2,1-2H3/t23-,25-,27+/m1/s1. The molecule has 0 fully saturated rings. The summed E-state index contributed by atoms with van der Waals surface area (Å²) in [7, 11) is 0. The lowest BCUT2D eigenvalue weighted by Crippen LogP contribution is -2.42. The Bertz CT molecular complexity index is 852. The SMILES string of the molecule is CC(C)(CCC(=O)C[C@H](CN)Cc1ccccc1)CCC(=O)[C@@H](O)[C@H](N)Cc1ccccc1. The van der Waals surface area contributed by atoms with Gasteiger partial charge in [0.1, 0.15) is 11.9 Å². The molecule has 5 N–H and O–H groups in total. The Hall–Kier alpha value is -2.34. The van der Waals surface area contributed by atoms with Gasteiger partial charge in [-0.1, -0.05) is 74.5 Å². The number of hydrogen-bond donors (Lipinski definition) is 3. The smallest absolute Gasteiger partial charge is 0.162 e. The molecule has 0 spiro atoms. The minimum absolute atomic E-state index is 0.144. The van der Waals surface area contributed by atoms with Gasteiger partial charge in [0.15, 0.2) is 5.78 Å². The van der Waals surface area contributed by atoms with Gasteiger partial charge in [0.05, 0.1) is 0 Å². The van der Waals surface area contributed by atoms with Crippen LogP contribution >= 0.6 is 0 Å². The maximum Gasteiger partial charge on any atom is 0.162 e. The van der Waals surface area contributed by atoms with Crippen molar-refractivity contribution in [3.05, 3.63) is 71.8 Å². The van der Waals surface area contributed by atoms with Crippen molar-refractivity contribution in [1.82, 2.24) is 0 Å². The third-order valence-corrected chi connectivity index (χ3v) is 6.40. The largest absolute Gasteiger partial charge is 0.384 e. The van der Waals surface area contributed by atoms with Crippen LogP contribution in [0.25, 0.3) is 0 Å². The lowest BCUT2D eigenvalue weighted by atomic mass is 9.80. The number of Topliss-reactive ketones (excluding diaryl/α,β-unsaturated/α-hetero) is 2. The van der Waals surface area contributed by atoms with Crippen molar-refractivity contribution in [3.8, 4) is 0 Å². The average Bonchev–Trinajstić information content (AvgIpc) is 2.81. The van der Waals surface area contributed by atoms with Crippen molar-refractivity contribution in [3.63, 3.8) is 0 Å². The van der Waals surface area contributed by atoms with E-state index >= 15 is 0 Å². The molecule has 0 amide bonds. The van der Waals surface area contributed by atoms with Gasteiger partial charge in [-0.05, 0) is 54.7 Å². The highest BCUT2D eigenvalue weighted by molar-refractivity contribution is 5.83. The lowest BCUT2D eigenvalue weighted by Gasteiger charge is -2.26. The van der Waals surface area contributed by atoms with Crippen LogP contribution in [0.1, 0.15) is 57.1 Å². The van der Waals surface area contributed by atoms with E-state index in [1.807, 2.05) is 48.5 Å². The molecule has 0 radical (unpaired) electrons. The van der Waals surface area contributed by atoms with Gasteiger partial charge in [0.2, 0.25) is 0 Å². The molecule has 0 aromatic heterocycles. The van der Waals surface area contributed by atoms with E-state index in [0.29, 0.717) is 38.6 Å². The van der Waals surface area contributed by atoms with E-state index in [1.165, 1.54) is 5.56 Å². The summed E-state index contributed by atoms with van der Waals surface area (Å²) in [5, 5.41) is 10.4. The van der Waals surface area contributed by atoms with Crippen molar-refractivity contribution < 1.29 is 14.7 Å². The molecule has 5 heteroatoms. The molecule has 0 bridgehead atoms. The van der Waals surface area contributed by atoms with Crippen molar-refractivity contribution >= 4 is 11.6 Å². The molecular formula is C28H40N2O3. The Balaban J connectivity index is 1.74. The van der Waals surface area contributed by atoms with E-state index in [9.17, 15) is 14.7 Å². The summed E-state index contributed by atoms with van der Waals surface area (Å²) in [6.07, 6.45) is 2.61. The Morgan fingerprint density at radius 3 is 1.94 bits per heavy atom. The summed E-state index contributed by atoms with van der Waals surface area (Å²) in [5.74, 6) is 0.125. The fourth-order valence-corrected chi connectivity index (χ4v) is 4.06. The first kappa shape index (κ1) is 26.9. The molecule has 5 nitrogen and oxygen atoms in total. The summed E-state index contributed by atoms with van der Waals surface area (Å²) in [6, 6.07) is 19.1. The molecular weight excluding hydrogens is 412 g/mol. The third-order valence-electron chi connectivity index (χ3n) is 6.40. The zero-order chi connectivity index (χ0) is 24.3. The van der Waals surface area contributed by atoms with Crippen molar-refractivity contribution in [2.24, 2.45) is 22.8 Å². The van der Waals surface area contributed by atoms with Crippen LogP contribution in [-0.2, 0) is 22.4 Å². The zero-order valence-electron chi connectivity index (χ0n) is 20.1. The Morgan fingerprint density at radius 1 is 0.879 bits per heavy atom. The minimum Gasteiger partial charge on any atom is -0.384 e. The fourth-order valence-electron chi connectivity index (χ4n) is 4.06. The molecule has 180 valence electrons. The number of carbonyl (C=O) groups excluding carboxylic acids is 2.